The molecule has 4 nitrogen and oxygen atoms in total. The van der Waals surface area contributed by atoms with E-state index >= 15 is 0 Å². The first-order valence-corrected chi connectivity index (χ1v) is 5.66. The average Bonchev–Trinajstić information content (AvgIpc) is 2.24. The Bertz CT molecular complexity index is 488. The van der Waals surface area contributed by atoms with E-state index in [1.165, 1.54) is 6.08 Å². The van der Waals surface area contributed by atoms with Gasteiger partial charge >= 0.3 is 11.9 Å². The molecule has 4 heteroatoms. The van der Waals surface area contributed by atoms with Gasteiger partial charge in [0.15, 0.2) is 0 Å². The van der Waals surface area contributed by atoms with Crippen LogP contribution in [0, 0.1) is 0 Å². The first-order valence-electron chi connectivity index (χ1n) is 5.66. The minimum atomic E-state index is -0.984. The smallest absolute Gasteiger partial charge is 0.328 e. The molecule has 2 N–H and O–H groups in total. The Balaban J connectivity index is 4.65. The number of carboxylic acid groups (broad SMARTS) is 2. The molecule has 0 heterocycles. The van der Waals surface area contributed by atoms with E-state index in [0.717, 1.165) is 23.3 Å². The van der Waals surface area contributed by atoms with Crippen LogP contribution in [0.2, 0.25) is 0 Å². The van der Waals surface area contributed by atoms with E-state index in [1.807, 2.05) is 13.0 Å². The van der Waals surface area contributed by atoms with Gasteiger partial charge in [0.2, 0.25) is 0 Å². The van der Waals surface area contributed by atoms with Gasteiger partial charge in [0.05, 0.1) is 0 Å². The Hall–Kier alpha value is -2.36. The van der Waals surface area contributed by atoms with Crippen molar-refractivity contribution in [2.24, 2.45) is 0 Å². The van der Waals surface area contributed by atoms with Crippen LogP contribution in [0.25, 0.3) is 0 Å². The average molecular weight is 262 g/mol. The first-order chi connectivity index (χ1) is 8.81. The first kappa shape index (κ1) is 16.6. The summed E-state index contributed by atoms with van der Waals surface area (Å²) in [5.74, 6) is -1.96. The van der Waals surface area contributed by atoms with Crippen molar-refractivity contribution in [1.82, 2.24) is 0 Å². The monoisotopic (exact) mass is 262 g/mol. The number of hydrogen-bond acceptors (Lipinski definition) is 2. The minimum Gasteiger partial charge on any atom is -0.478 e. The highest BCUT2D eigenvalue weighted by molar-refractivity contribution is 5.81. The van der Waals surface area contributed by atoms with Crippen LogP contribution in [-0.2, 0) is 9.59 Å². The topological polar surface area (TPSA) is 74.6 Å². The predicted molar refractivity (Wildman–Crippen MR) is 74.8 cm³/mol. The lowest BCUT2D eigenvalue weighted by Gasteiger charge is -1.93. The zero-order chi connectivity index (χ0) is 14.8. The van der Waals surface area contributed by atoms with E-state index in [1.54, 1.807) is 32.1 Å². The molecule has 0 atom stereocenters. The molecule has 0 aliphatic rings. The maximum Gasteiger partial charge on any atom is 0.328 e. The number of aliphatic carboxylic acids is 2. The number of carbonyl (C=O) groups is 2. The molecule has 0 amide bonds. The van der Waals surface area contributed by atoms with Gasteiger partial charge in [-0.25, -0.2) is 9.59 Å². The van der Waals surface area contributed by atoms with E-state index in [0.29, 0.717) is 5.57 Å². The van der Waals surface area contributed by atoms with Crippen molar-refractivity contribution >= 4 is 11.9 Å². The summed E-state index contributed by atoms with van der Waals surface area (Å²) in [6, 6.07) is 0. The van der Waals surface area contributed by atoms with Gasteiger partial charge in [0, 0.05) is 12.2 Å². The largest absolute Gasteiger partial charge is 0.478 e. The molecule has 0 aromatic heterocycles. The van der Waals surface area contributed by atoms with E-state index in [2.05, 4.69) is 0 Å². The maximum absolute atomic E-state index is 10.4. The Kier molecular flexibility index (Phi) is 7.61. The van der Waals surface area contributed by atoms with Crippen molar-refractivity contribution in [3.63, 3.8) is 0 Å². The number of hydrogen-bond donors (Lipinski definition) is 2. The molecule has 0 aliphatic carbocycles. The van der Waals surface area contributed by atoms with E-state index in [4.69, 9.17) is 10.2 Å². The molecule has 0 unspecified atom stereocenters. The zero-order valence-electron chi connectivity index (χ0n) is 11.3. The highest BCUT2D eigenvalue weighted by Crippen LogP contribution is 2.04. The summed E-state index contributed by atoms with van der Waals surface area (Å²) >= 11 is 0. The molecule has 19 heavy (non-hydrogen) atoms. The SMILES string of the molecule is CC(C=CC(=O)O)=CC=CC(C)=CC(C)=CC(=O)O. The molecule has 0 saturated carbocycles. The van der Waals surface area contributed by atoms with Gasteiger partial charge in [-0.1, -0.05) is 41.5 Å². The third-order valence-electron chi connectivity index (χ3n) is 2.01. The van der Waals surface area contributed by atoms with Crippen molar-refractivity contribution in [3.05, 3.63) is 59.3 Å². The second kappa shape index (κ2) is 8.69. The predicted octanol–water partition coefficient (Wildman–Crippen LogP) is 3.11. The van der Waals surface area contributed by atoms with Crippen molar-refractivity contribution < 1.29 is 19.8 Å². The lowest BCUT2D eigenvalue weighted by Crippen LogP contribution is -1.88. The Labute approximate surface area is 112 Å². The normalized spacial score (nSPS) is 14.4. The lowest BCUT2D eigenvalue weighted by molar-refractivity contribution is -0.132. The van der Waals surface area contributed by atoms with Crippen LogP contribution in [0.5, 0.6) is 0 Å². The molecule has 0 fully saturated rings. The molecule has 0 aliphatic heterocycles. The minimum absolute atomic E-state index is 0.654. The summed E-state index contributed by atoms with van der Waals surface area (Å²) < 4.78 is 0. The molecule has 102 valence electrons. The molecule has 0 aromatic carbocycles. The van der Waals surface area contributed by atoms with Crippen LogP contribution in [-0.4, -0.2) is 22.2 Å². The molecular formula is C15H18O4. The highest BCUT2D eigenvalue weighted by atomic mass is 16.4. The fourth-order valence-corrected chi connectivity index (χ4v) is 1.25. The molecular weight excluding hydrogens is 244 g/mol. The van der Waals surface area contributed by atoms with Crippen LogP contribution in [0.1, 0.15) is 20.8 Å². The van der Waals surface area contributed by atoms with Crippen molar-refractivity contribution in [2.75, 3.05) is 0 Å². The molecule has 0 aromatic rings. The van der Waals surface area contributed by atoms with Crippen molar-refractivity contribution in [1.29, 1.82) is 0 Å². The Morgan fingerprint density at radius 2 is 1.37 bits per heavy atom. The number of rotatable bonds is 6. The molecule has 0 radical (unpaired) electrons. The van der Waals surface area contributed by atoms with Gasteiger partial charge in [0.25, 0.3) is 0 Å². The molecule has 0 spiro atoms. The number of allylic oxidation sites excluding steroid dienone is 8. The maximum atomic E-state index is 10.4. The summed E-state index contributed by atoms with van der Waals surface area (Å²) in [5.41, 5.74) is 2.37. The summed E-state index contributed by atoms with van der Waals surface area (Å²) in [5, 5.41) is 17.0. The molecule has 0 bridgehead atoms. The molecule has 0 saturated heterocycles. The second-order valence-electron chi connectivity index (χ2n) is 4.06. The third kappa shape index (κ3) is 10.5. The van der Waals surface area contributed by atoms with Gasteiger partial charge in [-0.3, -0.25) is 0 Å². The quantitative estimate of drug-likeness (QED) is 0.569. The van der Waals surface area contributed by atoms with Gasteiger partial charge < -0.3 is 10.2 Å². The van der Waals surface area contributed by atoms with E-state index < -0.39 is 11.9 Å². The number of carboxylic acids is 2. The van der Waals surface area contributed by atoms with Gasteiger partial charge in [-0.2, -0.15) is 0 Å². The van der Waals surface area contributed by atoms with Crippen molar-refractivity contribution in [2.45, 2.75) is 20.8 Å². The fourth-order valence-electron chi connectivity index (χ4n) is 1.25. The van der Waals surface area contributed by atoms with E-state index in [-0.39, 0.29) is 0 Å². The van der Waals surface area contributed by atoms with E-state index in [9.17, 15) is 9.59 Å². The van der Waals surface area contributed by atoms with Crippen LogP contribution in [0.4, 0.5) is 0 Å². The van der Waals surface area contributed by atoms with Crippen molar-refractivity contribution in [3.8, 4) is 0 Å². The lowest BCUT2D eigenvalue weighted by atomic mass is 10.1. The van der Waals surface area contributed by atoms with Gasteiger partial charge in [-0.15, -0.1) is 0 Å². The Morgan fingerprint density at radius 1 is 0.737 bits per heavy atom. The zero-order valence-corrected chi connectivity index (χ0v) is 11.3. The Morgan fingerprint density at radius 3 is 1.89 bits per heavy atom. The fraction of sp³-hybridized carbons (Fsp3) is 0.200. The molecule has 0 rings (SSSR count). The second-order valence-corrected chi connectivity index (χ2v) is 4.06. The summed E-state index contributed by atoms with van der Waals surface area (Å²) in [7, 11) is 0. The van der Waals surface area contributed by atoms with Gasteiger partial charge in [0.1, 0.15) is 0 Å². The summed E-state index contributed by atoms with van der Waals surface area (Å²) in [6.07, 6.45) is 10.8. The highest BCUT2D eigenvalue weighted by Gasteiger charge is 1.90. The van der Waals surface area contributed by atoms with Crippen LogP contribution >= 0.6 is 0 Å². The van der Waals surface area contributed by atoms with Crippen LogP contribution in [0.3, 0.4) is 0 Å². The summed E-state index contributed by atoms with van der Waals surface area (Å²) in [6.45, 7) is 5.35. The summed E-state index contributed by atoms with van der Waals surface area (Å²) in [4.78, 5) is 20.7. The van der Waals surface area contributed by atoms with Crippen LogP contribution < -0.4 is 0 Å². The van der Waals surface area contributed by atoms with Gasteiger partial charge in [-0.05, 0) is 26.3 Å². The third-order valence-corrected chi connectivity index (χ3v) is 2.01. The van der Waals surface area contributed by atoms with Crippen LogP contribution in [0.15, 0.2) is 59.3 Å². The standard InChI is InChI=1S/C15H18O4/c1-11(7-8-14(16)17)5-4-6-12(2)9-13(3)10-15(18)19/h4-10H,1-3H3,(H,16,17)(H,18,19).